The Morgan fingerprint density at radius 3 is 2.93 bits per heavy atom. The lowest BCUT2D eigenvalue weighted by Gasteiger charge is -1.91. The lowest BCUT2D eigenvalue weighted by Crippen LogP contribution is -1.81. The maximum absolute atomic E-state index is 10.5. The monoisotopic (exact) mass is 206 g/mol. The van der Waals surface area contributed by atoms with Gasteiger partial charge in [0.25, 0.3) is 0 Å². The number of carbonyl (C=O) groups excluding carboxylic acids is 1. The molecule has 14 heavy (non-hydrogen) atoms. The van der Waals surface area contributed by atoms with E-state index in [1.54, 1.807) is 0 Å². The van der Waals surface area contributed by atoms with Gasteiger partial charge in [-0.25, -0.2) is 0 Å². The summed E-state index contributed by atoms with van der Waals surface area (Å²) in [5.74, 6) is 1.86. The van der Waals surface area contributed by atoms with Gasteiger partial charge >= 0.3 is 0 Å². The number of hydrogen-bond acceptors (Lipinski definition) is 3. The fourth-order valence-electron chi connectivity index (χ4n) is 1.33. The summed E-state index contributed by atoms with van der Waals surface area (Å²) >= 11 is 1.47. The fraction of sp³-hybridized carbons (Fsp3) is 0.182. The third kappa shape index (κ3) is 1.93. The Morgan fingerprint density at radius 1 is 1.50 bits per heavy atom. The van der Waals surface area contributed by atoms with Gasteiger partial charge in [-0.1, -0.05) is 0 Å². The first-order valence-corrected chi connectivity index (χ1v) is 5.24. The summed E-state index contributed by atoms with van der Waals surface area (Å²) in [5.41, 5.74) is 1.13. The molecule has 0 saturated carbocycles. The molecule has 2 nitrogen and oxygen atoms in total. The highest BCUT2D eigenvalue weighted by Gasteiger charge is 2.03. The quantitative estimate of drug-likeness (QED) is 0.722. The summed E-state index contributed by atoms with van der Waals surface area (Å²) in [6.07, 6.45) is 1.64. The fourth-order valence-corrected chi connectivity index (χ4v) is 2.04. The summed E-state index contributed by atoms with van der Waals surface area (Å²) < 4.78 is 5.45. The van der Waals surface area contributed by atoms with Crippen LogP contribution in [0.25, 0.3) is 0 Å². The van der Waals surface area contributed by atoms with Crippen LogP contribution in [0, 0.1) is 6.92 Å². The molecule has 3 heteroatoms. The zero-order valence-electron chi connectivity index (χ0n) is 7.82. The highest BCUT2D eigenvalue weighted by Crippen LogP contribution is 2.17. The topological polar surface area (TPSA) is 30.2 Å². The third-order valence-electron chi connectivity index (χ3n) is 1.96. The lowest BCUT2D eigenvalue weighted by atomic mass is 10.2. The van der Waals surface area contributed by atoms with Crippen molar-refractivity contribution in [2.75, 3.05) is 0 Å². The van der Waals surface area contributed by atoms with Crippen molar-refractivity contribution in [1.82, 2.24) is 0 Å². The van der Waals surface area contributed by atoms with Gasteiger partial charge in [0, 0.05) is 6.42 Å². The van der Waals surface area contributed by atoms with E-state index < -0.39 is 0 Å². The molecule has 0 aliphatic rings. The van der Waals surface area contributed by atoms with Crippen molar-refractivity contribution >= 4 is 17.6 Å². The van der Waals surface area contributed by atoms with Gasteiger partial charge in [-0.05, 0) is 36.1 Å². The van der Waals surface area contributed by atoms with E-state index >= 15 is 0 Å². The molecule has 0 aliphatic heterocycles. The second-order valence-corrected chi connectivity index (χ2v) is 4.11. The molecule has 2 heterocycles. The van der Waals surface area contributed by atoms with Gasteiger partial charge in [-0.15, -0.1) is 11.3 Å². The first kappa shape index (κ1) is 9.21. The van der Waals surface area contributed by atoms with Crippen molar-refractivity contribution in [3.8, 4) is 0 Å². The van der Waals surface area contributed by atoms with E-state index in [0.29, 0.717) is 0 Å². The molecule has 0 unspecified atom stereocenters. The number of carbonyl (C=O) groups is 1. The Bertz CT molecular complexity index is 440. The largest absolute Gasteiger partial charge is 0.466 e. The van der Waals surface area contributed by atoms with Crippen LogP contribution in [0.5, 0.6) is 0 Å². The minimum atomic E-state index is 0.762. The van der Waals surface area contributed by atoms with E-state index in [1.165, 1.54) is 11.3 Å². The van der Waals surface area contributed by atoms with Gasteiger partial charge in [0.15, 0.2) is 6.29 Å². The molecular formula is C11H10O2S. The summed E-state index contributed by atoms with van der Waals surface area (Å²) in [7, 11) is 0. The molecular weight excluding hydrogens is 196 g/mol. The molecule has 2 aromatic heterocycles. The van der Waals surface area contributed by atoms with Crippen molar-refractivity contribution in [1.29, 1.82) is 0 Å². The molecule has 0 N–H and O–H groups in total. The van der Waals surface area contributed by atoms with Gasteiger partial charge < -0.3 is 4.42 Å². The van der Waals surface area contributed by atoms with Crippen LogP contribution in [0.1, 0.15) is 26.8 Å². The molecule has 72 valence electrons. The molecule has 2 rings (SSSR count). The van der Waals surface area contributed by atoms with E-state index in [9.17, 15) is 4.79 Å². The van der Waals surface area contributed by atoms with Gasteiger partial charge in [0.05, 0.1) is 4.88 Å². The summed E-state index contributed by atoms with van der Waals surface area (Å²) in [4.78, 5) is 11.2. The molecule has 0 atom stereocenters. The summed E-state index contributed by atoms with van der Waals surface area (Å²) in [6, 6.07) is 5.81. The number of aryl methyl sites for hydroxylation is 1. The highest BCUT2D eigenvalue weighted by atomic mass is 32.1. The molecule has 0 aliphatic carbocycles. The third-order valence-corrected chi connectivity index (χ3v) is 2.87. The number of furan rings is 1. The second kappa shape index (κ2) is 3.80. The number of aldehydes is 1. The van der Waals surface area contributed by atoms with Crippen molar-refractivity contribution < 1.29 is 9.21 Å². The van der Waals surface area contributed by atoms with Crippen molar-refractivity contribution in [3.05, 3.63) is 45.5 Å². The standard InChI is InChI=1S/C11H10O2S/c1-8-2-3-10(13-8)4-9-5-11(6-12)14-7-9/h2-3,5-7H,4H2,1H3. The Morgan fingerprint density at radius 2 is 2.36 bits per heavy atom. The molecule has 0 fully saturated rings. The molecule has 0 radical (unpaired) electrons. The smallest absolute Gasteiger partial charge is 0.160 e. The average molecular weight is 206 g/mol. The van der Waals surface area contributed by atoms with E-state index in [-0.39, 0.29) is 0 Å². The highest BCUT2D eigenvalue weighted by molar-refractivity contribution is 7.11. The van der Waals surface area contributed by atoms with Crippen LogP contribution in [0.4, 0.5) is 0 Å². The minimum absolute atomic E-state index is 0.762. The predicted octanol–water partition coefficient (Wildman–Crippen LogP) is 3.05. The molecule has 2 aromatic rings. The summed E-state index contributed by atoms with van der Waals surface area (Å²) in [5, 5.41) is 1.99. The number of hydrogen-bond donors (Lipinski definition) is 0. The maximum Gasteiger partial charge on any atom is 0.160 e. The van der Waals surface area contributed by atoms with Crippen LogP contribution in [0.2, 0.25) is 0 Å². The van der Waals surface area contributed by atoms with E-state index in [0.717, 1.165) is 34.7 Å². The van der Waals surface area contributed by atoms with Gasteiger partial charge in [0.2, 0.25) is 0 Å². The van der Waals surface area contributed by atoms with Gasteiger partial charge in [0.1, 0.15) is 11.5 Å². The Balaban J connectivity index is 2.14. The average Bonchev–Trinajstić information content (AvgIpc) is 2.76. The zero-order chi connectivity index (χ0) is 9.97. The van der Waals surface area contributed by atoms with E-state index in [4.69, 9.17) is 4.42 Å². The molecule has 0 bridgehead atoms. The number of rotatable bonds is 3. The molecule has 0 spiro atoms. The lowest BCUT2D eigenvalue weighted by molar-refractivity contribution is 0.112. The zero-order valence-corrected chi connectivity index (χ0v) is 8.64. The van der Waals surface area contributed by atoms with Crippen LogP contribution in [0.15, 0.2) is 28.0 Å². The first-order valence-electron chi connectivity index (χ1n) is 4.36. The Labute approximate surface area is 86.2 Å². The van der Waals surface area contributed by atoms with Gasteiger partial charge in [-0.3, -0.25) is 4.79 Å². The first-order chi connectivity index (χ1) is 6.78. The van der Waals surface area contributed by atoms with Gasteiger partial charge in [-0.2, -0.15) is 0 Å². The Kier molecular flexibility index (Phi) is 2.50. The maximum atomic E-state index is 10.5. The summed E-state index contributed by atoms with van der Waals surface area (Å²) in [6.45, 7) is 1.92. The van der Waals surface area contributed by atoms with Crippen LogP contribution in [0.3, 0.4) is 0 Å². The van der Waals surface area contributed by atoms with Crippen LogP contribution in [-0.2, 0) is 6.42 Å². The van der Waals surface area contributed by atoms with Crippen LogP contribution in [-0.4, -0.2) is 6.29 Å². The van der Waals surface area contributed by atoms with Crippen LogP contribution >= 0.6 is 11.3 Å². The Hall–Kier alpha value is -1.35. The molecule has 0 saturated heterocycles. The van der Waals surface area contributed by atoms with Crippen molar-refractivity contribution in [2.24, 2.45) is 0 Å². The van der Waals surface area contributed by atoms with Crippen LogP contribution < -0.4 is 0 Å². The van der Waals surface area contributed by atoms with Crippen molar-refractivity contribution in [3.63, 3.8) is 0 Å². The normalized spacial score (nSPS) is 10.4. The predicted molar refractivity (Wildman–Crippen MR) is 56.0 cm³/mol. The number of thiophene rings is 1. The van der Waals surface area contributed by atoms with E-state index in [2.05, 4.69) is 0 Å². The van der Waals surface area contributed by atoms with E-state index in [1.807, 2.05) is 30.5 Å². The van der Waals surface area contributed by atoms with Crippen molar-refractivity contribution in [2.45, 2.75) is 13.3 Å². The molecule has 0 amide bonds. The second-order valence-electron chi connectivity index (χ2n) is 3.16. The molecule has 0 aromatic carbocycles. The minimum Gasteiger partial charge on any atom is -0.466 e. The SMILES string of the molecule is Cc1ccc(Cc2csc(C=O)c2)o1.